The van der Waals surface area contributed by atoms with Gasteiger partial charge < -0.3 is 25.9 Å². The molecule has 37 heavy (non-hydrogen) atoms. The highest BCUT2D eigenvalue weighted by Gasteiger charge is 2.17. The fourth-order valence-electron chi connectivity index (χ4n) is 4.27. The van der Waals surface area contributed by atoms with Crippen molar-refractivity contribution in [3.8, 4) is 5.75 Å². The number of anilines is 1. The van der Waals surface area contributed by atoms with Gasteiger partial charge in [0.15, 0.2) is 0 Å². The predicted octanol–water partition coefficient (Wildman–Crippen LogP) is 5.81. The molecule has 0 radical (unpaired) electrons. The Balaban J connectivity index is 1.43. The molecule has 3 heterocycles. The molecule has 0 bridgehead atoms. The monoisotopic (exact) mass is 523 g/mol. The lowest BCUT2D eigenvalue weighted by molar-refractivity contribution is 0.0775. The first-order chi connectivity index (χ1) is 17.8. The zero-order chi connectivity index (χ0) is 26.4. The second kappa shape index (κ2) is 12.3. The molecule has 0 amide bonds. The third-order valence-electron chi connectivity index (χ3n) is 6.34. The van der Waals surface area contributed by atoms with Crippen LogP contribution in [0.2, 0.25) is 5.02 Å². The molecule has 0 unspecified atom stereocenters. The standard InChI is InChI=1S/C28H31ClFN5O2/c1-17-13-33-16-24(29)28(17)18(2)37-22-5-6-26(31)23(11-22)27(32)12-25(30)19-3-4-21(34-14-19)15-35-20-7-9-36-10-8-20/h3-6,11-14,16,18,20,32,35H,7-10,15,31H2,1-2H3/b25-12-,32-27?/t18-/m1/s1. The summed E-state index contributed by atoms with van der Waals surface area (Å²) >= 11 is 6.32. The van der Waals surface area contributed by atoms with Gasteiger partial charge in [-0.15, -0.1) is 0 Å². The molecule has 1 aliphatic heterocycles. The van der Waals surface area contributed by atoms with Crippen molar-refractivity contribution in [2.24, 2.45) is 0 Å². The van der Waals surface area contributed by atoms with Crippen LogP contribution in [0.4, 0.5) is 10.1 Å². The minimum atomic E-state index is -0.570. The number of rotatable bonds is 9. The molecule has 1 atom stereocenters. The molecule has 4 N–H and O–H groups in total. The number of hydrogen-bond donors (Lipinski definition) is 3. The summed E-state index contributed by atoms with van der Waals surface area (Å²) < 4.78 is 26.4. The molecule has 0 spiro atoms. The molecule has 1 fully saturated rings. The van der Waals surface area contributed by atoms with Crippen LogP contribution in [0.5, 0.6) is 5.75 Å². The van der Waals surface area contributed by atoms with E-state index >= 15 is 0 Å². The molecule has 0 aliphatic carbocycles. The second-order valence-corrected chi connectivity index (χ2v) is 9.48. The first-order valence-corrected chi connectivity index (χ1v) is 12.6. The number of hydrogen-bond acceptors (Lipinski definition) is 7. The topological polar surface area (TPSA) is 106 Å². The van der Waals surface area contributed by atoms with Crippen LogP contribution in [0.15, 0.2) is 55.0 Å². The lowest BCUT2D eigenvalue weighted by Gasteiger charge is -2.23. The Bertz CT molecular complexity index is 1260. The van der Waals surface area contributed by atoms with E-state index in [9.17, 15) is 4.39 Å². The number of nitrogen functional groups attached to an aromatic ring is 1. The molecule has 2 aromatic heterocycles. The average molecular weight is 524 g/mol. The maximum Gasteiger partial charge on any atom is 0.134 e. The molecular weight excluding hydrogens is 493 g/mol. The van der Waals surface area contributed by atoms with Gasteiger partial charge in [-0.1, -0.05) is 11.6 Å². The number of nitrogens with zero attached hydrogens (tertiary/aromatic N) is 2. The average Bonchev–Trinajstić information content (AvgIpc) is 2.89. The van der Waals surface area contributed by atoms with Crippen LogP contribution in [-0.4, -0.2) is 34.9 Å². The smallest absolute Gasteiger partial charge is 0.134 e. The van der Waals surface area contributed by atoms with E-state index in [0.29, 0.717) is 40.2 Å². The molecule has 3 aromatic rings. The van der Waals surface area contributed by atoms with E-state index in [1.54, 1.807) is 42.7 Å². The van der Waals surface area contributed by atoms with Gasteiger partial charge in [-0.2, -0.15) is 0 Å². The Morgan fingerprint density at radius 1 is 1.27 bits per heavy atom. The third kappa shape index (κ3) is 6.91. The number of ether oxygens (including phenoxy) is 2. The van der Waals surface area contributed by atoms with Gasteiger partial charge in [0.1, 0.15) is 17.7 Å². The van der Waals surface area contributed by atoms with E-state index in [1.807, 2.05) is 13.8 Å². The van der Waals surface area contributed by atoms with Gasteiger partial charge in [0, 0.05) is 72.8 Å². The number of nitrogens with one attached hydrogen (secondary N) is 2. The van der Waals surface area contributed by atoms with Crippen molar-refractivity contribution in [1.29, 1.82) is 5.41 Å². The van der Waals surface area contributed by atoms with Crippen molar-refractivity contribution >= 4 is 28.8 Å². The SMILES string of the molecule is Cc1cncc(Cl)c1[C@@H](C)Oc1ccc(N)c(C(=N)/C=C(\F)c2ccc(CNC3CCOCC3)nc2)c1. The van der Waals surface area contributed by atoms with Crippen LogP contribution in [0, 0.1) is 12.3 Å². The minimum Gasteiger partial charge on any atom is -0.486 e. The number of aryl methyl sites for hydroxylation is 1. The fraction of sp³-hybridized carbons (Fsp3) is 0.321. The number of nitrogens with two attached hydrogens (primary N) is 1. The highest BCUT2D eigenvalue weighted by Crippen LogP contribution is 2.31. The van der Waals surface area contributed by atoms with E-state index in [2.05, 4.69) is 15.3 Å². The summed E-state index contributed by atoms with van der Waals surface area (Å²) in [5.74, 6) is -0.0784. The van der Waals surface area contributed by atoms with Gasteiger partial charge in [-0.3, -0.25) is 9.97 Å². The van der Waals surface area contributed by atoms with Crippen LogP contribution in [0.1, 0.15) is 53.8 Å². The first-order valence-electron chi connectivity index (χ1n) is 12.2. The molecule has 0 saturated carbocycles. The number of aromatic nitrogens is 2. The minimum absolute atomic E-state index is 0.0727. The number of pyridine rings is 2. The Labute approximate surface area is 221 Å². The lowest BCUT2D eigenvalue weighted by atomic mass is 10.0. The molecular formula is C28H31ClFN5O2. The lowest BCUT2D eigenvalue weighted by Crippen LogP contribution is -2.34. The molecule has 1 aromatic carbocycles. The van der Waals surface area contributed by atoms with Crippen molar-refractivity contribution < 1.29 is 13.9 Å². The van der Waals surface area contributed by atoms with Gasteiger partial charge in [-0.05, 0) is 62.6 Å². The van der Waals surface area contributed by atoms with Crippen molar-refractivity contribution in [1.82, 2.24) is 15.3 Å². The van der Waals surface area contributed by atoms with E-state index in [-0.39, 0.29) is 11.8 Å². The van der Waals surface area contributed by atoms with E-state index < -0.39 is 5.83 Å². The van der Waals surface area contributed by atoms with Crippen LogP contribution < -0.4 is 15.8 Å². The Morgan fingerprint density at radius 2 is 2.05 bits per heavy atom. The van der Waals surface area contributed by atoms with Gasteiger partial charge in [0.2, 0.25) is 0 Å². The van der Waals surface area contributed by atoms with Crippen molar-refractivity contribution in [2.45, 2.75) is 45.4 Å². The molecule has 1 aliphatic rings. The van der Waals surface area contributed by atoms with Crippen LogP contribution in [0.25, 0.3) is 5.83 Å². The number of allylic oxidation sites excluding steroid dienone is 1. The van der Waals surface area contributed by atoms with E-state index in [1.165, 1.54) is 6.20 Å². The molecule has 9 heteroatoms. The molecule has 194 valence electrons. The predicted molar refractivity (Wildman–Crippen MR) is 145 cm³/mol. The van der Waals surface area contributed by atoms with Gasteiger partial charge in [0.25, 0.3) is 0 Å². The van der Waals surface area contributed by atoms with E-state index in [4.69, 9.17) is 32.2 Å². The van der Waals surface area contributed by atoms with Crippen LogP contribution in [-0.2, 0) is 11.3 Å². The number of benzene rings is 1. The quantitative estimate of drug-likeness (QED) is 0.241. The van der Waals surface area contributed by atoms with Crippen LogP contribution >= 0.6 is 11.6 Å². The maximum absolute atomic E-state index is 15.0. The molecule has 4 rings (SSSR count). The van der Waals surface area contributed by atoms with Crippen molar-refractivity contribution in [2.75, 3.05) is 18.9 Å². The molecule has 1 saturated heterocycles. The summed E-state index contributed by atoms with van der Waals surface area (Å²) in [5.41, 5.74) is 9.60. The summed E-state index contributed by atoms with van der Waals surface area (Å²) in [4.78, 5) is 8.45. The van der Waals surface area contributed by atoms with Crippen LogP contribution in [0.3, 0.4) is 0 Å². The van der Waals surface area contributed by atoms with Crippen molar-refractivity contribution in [3.63, 3.8) is 0 Å². The summed E-state index contributed by atoms with van der Waals surface area (Å²) in [5, 5.41) is 12.4. The normalized spacial score (nSPS) is 15.4. The second-order valence-electron chi connectivity index (χ2n) is 9.07. The fourth-order valence-corrected chi connectivity index (χ4v) is 4.63. The zero-order valence-corrected chi connectivity index (χ0v) is 21.7. The highest BCUT2D eigenvalue weighted by molar-refractivity contribution is 6.31. The zero-order valence-electron chi connectivity index (χ0n) is 20.9. The Morgan fingerprint density at radius 3 is 2.76 bits per heavy atom. The Kier molecular flexibility index (Phi) is 8.87. The van der Waals surface area contributed by atoms with E-state index in [0.717, 1.165) is 49.0 Å². The summed E-state index contributed by atoms with van der Waals surface area (Å²) in [6.07, 6.45) is 7.50. The summed E-state index contributed by atoms with van der Waals surface area (Å²) in [6, 6.07) is 8.84. The van der Waals surface area contributed by atoms with Gasteiger partial charge in [-0.25, -0.2) is 4.39 Å². The summed E-state index contributed by atoms with van der Waals surface area (Å²) in [6.45, 7) is 5.94. The Hall–Kier alpha value is -3.33. The number of halogens is 2. The van der Waals surface area contributed by atoms with Gasteiger partial charge >= 0.3 is 0 Å². The maximum atomic E-state index is 15.0. The third-order valence-corrected chi connectivity index (χ3v) is 6.64. The first kappa shape index (κ1) is 26.7. The highest BCUT2D eigenvalue weighted by atomic mass is 35.5. The van der Waals surface area contributed by atoms with Gasteiger partial charge in [0.05, 0.1) is 16.4 Å². The summed E-state index contributed by atoms with van der Waals surface area (Å²) in [7, 11) is 0. The largest absolute Gasteiger partial charge is 0.486 e. The molecule has 7 nitrogen and oxygen atoms in total. The van der Waals surface area contributed by atoms with Crippen molar-refractivity contribution in [3.05, 3.63) is 88.0 Å².